The van der Waals surface area contributed by atoms with Gasteiger partial charge in [-0.2, -0.15) is 0 Å². The monoisotopic (exact) mass is 267 g/mol. The van der Waals surface area contributed by atoms with Crippen LogP contribution in [0.1, 0.15) is 38.7 Å². The summed E-state index contributed by atoms with van der Waals surface area (Å²) in [5.41, 5.74) is 7.68. The van der Waals surface area contributed by atoms with Gasteiger partial charge in [0.2, 0.25) is 0 Å². The Labute approximate surface area is 114 Å². The Morgan fingerprint density at radius 2 is 2.06 bits per heavy atom. The van der Waals surface area contributed by atoms with Gasteiger partial charge in [0.05, 0.1) is 12.7 Å². The smallest absolute Gasteiger partial charge is 0.0740 e. The van der Waals surface area contributed by atoms with Gasteiger partial charge in [0.15, 0.2) is 0 Å². The number of hydrogen-bond donors (Lipinski definition) is 1. The fourth-order valence-corrected chi connectivity index (χ4v) is 2.73. The first kappa shape index (κ1) is 13.7. The predicted octanol–water partition coefficient (Wildman–Crippen LogP) is 4.26. The van der Waals surface area contributed by atoms with Crippen LogP contribution in [0.3, 0.4) is 0 Å². The van der Waals surface area contributed by atoms with Crippen molar-refractivity contribution in [2.45, 2.75) is 45.8 Å². The SMILES string of the molecule is CC1CCC(OCc2ccc(Cl)cc2N)CC1C. The molecule has 3 atom stereocenters. The zero-order chi connectivity index (χ0) is 13.1. The Morgan fingerprint density at radius 1 is 1.28 bits per heavy atom. The summed E-state index contributed by atoms with van der Waals surface area (Å²) in [6.07, 6.45) is 3.97. The van der Waals surface area contributed by atoms with Crippen LogP contribution < -0.4 is 5.73 Å². The summed E-state index contributed by atoms with van der Waals surface area (Å²) < 4.78 is 5.99. The number of anilines is 1. The molecule has 3 unspecified atom stereocenters. The third kappa shape index (κ3) is 3.39. The van der Waals surface area contributed by atoms with Crippen LogP contribution in [0.5, 0.6) is 0 Å². The second-order valence-electron chi connectivity index (χ2n) is 5.54. The molecule has 0 bridgehead atoms. The number of halogens is 1. The Kier molecular flexibility index (Phi) is 4.52. The van der Waals surface area contributed by atoms with Crippen LogP contribution in [-0.4, -0.2) is 6.10 Å². The van der Waals surface area contributed by atoms with Crippen molar-refractivity contribution in [2.24, 2.45) is 11.8 Å². The van der Waals surface area contributed by atoms with Crippen molar-refractivity contribution < 1.29 is 4.74 Å². The highest BCUT2D eigenvalue weighted by molar-refractivity contribution is 6.30. The number of rotatable bonds is 3. The van der Waals surface area contributed by atoms with E-state index in [9.17, 15) is 0 Å². The van der Waals surface area contributed by atoms with Crippen molar-refractivity contribution in [3.05, 3.63) is 28.8 Å². The van der Waals surface area contributed by atoms with E-state index in [0.717, 1.165) is 29.5 Å². The standard InChI is InChI=1S/C15H22ClNO/c1-10-3-6-14(7-11(10)2)18-9-12-4-5-13(16)8-15(12)17/h4-5,8,10-11,14H,3,6-7,9,17H2,1-2H3. The van der Waals surface area contributed by atoms with Gasteiger partial charge in [-0.05, 0) is 43.2 Å². The van der Waals surface area contributed by atoms with Gasteiger partial charge in [-0.15, -0.1) is 0 Å². The number of benzene rings is 1. The van der Waals surface area contributed by atoms with E-state index in [1.165, 1.54) is 12.8 Å². The maximum atomic E-state index is 5.99. The van der Waals surface area contributed by atoms with E-state index in [0.29, 0.717) is 17.7 Å². The van der Waals surface area contributed by atoms with E-state index in [2.05, 4.69) is 13.8 Å². The normalized spacial score (nSPS) is 28.3. The van der Waals surface area contributed by atoms with Gasteiger partial charge in [0.25, 0.3) is 0 Å². The summed E-state index contributed by atoms with van der Waals surface area (Å²) in [5, 5.41) is 0.677. The molecule has 3 heteroatoms. The van der Waals surface area contributed by atoms with E-state index in [-0.39, 0.29) is 0 Å². The van der Waals surface area contributed by atoms with Gasteiger partial charge in [-0.1, -0.05) is 31.5 Å². The molecule has 1 aliphatic rings. The molecule has 2 nitrogen and oxygen atoms in total. The van der Waals surface area contributed by atoms with Crippen LogP contribution in [0.2, 0.25) is 5.02 Å². The first-order valence-corrected chi connectivity index (χ1v) is 7.09. The molecule has 18 heavy (non-hydrogen) atoms. The average molecular weight is 268 g/mol. The summed E-state index contributed by atoms with van der Waals surface area (Å²) in [7, 11) is 0. The van der Waals surface area contributed by atoms with Crippen molar-refractivity contribution in [1.29, 1.82) is 0 Å². The van der Waals surface area contributed by atoms with Crippen molar-refractivity contribution >= 4 is 17.3 Å². The minimum absolute atomic E-state index is 0.381. The van der Waals surface area contributed by atoms with Gasteiger partial charge >= 0.3 is 0 Å². The lowest BCUT2D eigenvalue weighted by atomic mass is 9.80. The molecule has 0 spiro atoms. The minimum Gasteiger partial charge on any atom is -0.398 e. The Balaban J connectivity index is 1.88. The Bertz CT molecular complexity index is 407. The summed E-state index contributed by atoms with van der Waals surface area (Å²) in [6.45, 7) is 5.24. The molecule has 1 aromatic rings. The maximum Gasteiger partial charge on any atom is 0.0740 e. The topological polar surface area (TPSA) is 35.2 Å². The quantitative estimate of drug-likeness (QED) is 0.831. The Hall–Kier alpha value is -0.730. The van der Waals surface area contributed by atoms with Gasteiger partial charge in [-0.25, -0.2) is 0 Å². The molecular formula is C15H22ClNO. The van der Waals surface area contributed by atoms with Gasteiger partial charge in [0.1, 0.15) is 0 Å². The third-order valence-corrected chi connectivity index (χ3v) is 4.37. The molecule has 1 saturated carbocycles. The lowest BCUT2D eigenvalue weighted by Gasteiger charge is -2.32. The van der Waals surface area contributed by atoms with Crippen LogP contribution in [0.15, 0.2) is 18.2 Å². The number of nitrogen functional groups attached to an aromatic ring is 1. The molecule has 0 saturated heterocycles. The predicted molar refractivity (Wildman–Crippen MR) is 76.6 cm³/mol. The van der Waals surface area contributed by atoms with Crippen LogP contribution in [-0.2, 0) is 11.3 Å². The van der Waals surface area contributed by atoms with E-state index >= 15 is 0 Å². The second kappa shape index (κ2) is 5.94. The van der Waals surface area contributed by atoms with Gasteiger partial charge in [-0.3, -0.25) is 0 Å². The Morgan fingerprint density at radius 3 is 2.72 bits per heavy atom. The van der Waals surface area contributed by atoms with E-state index < -0.39 is 0 Å². The third-order valence-electron chi connectivity index (χ3n) is 4.13. The molecular weight excluding hydrogens is 246 g/mol. The number of nitrogens with two attached hydrogens (primary N) is 1. The van der Waals surface area contributed by atoms with E-state index in [1.807, 2.05) is 12.1 Å². The van der Waals surface area contributed by atoms with Crippen molar-refractivity contribution in [2.75, 3.05) is 5.73 Å². The first-order valence-electron chi connectivity index (χ1n) is 6.71. The molecule has 2 N–H and O–H groups in total. The van der Waals surface area contributed by atoms with Crippen LogP contribution in [0, 0.1) is 11.8 Å². The first-order chi connectivity index (χ1) is 8.56. The van der Waals surface area contributed by atoms with E-state index in [4.69, 9.17) is 22.1 Å². The van der Waals surface area contributed by atoms with E-state index in [1.54, 1.807) is 6.07 Å². The minimum atomic E-state index is 0.381. The highest BCUT2D eigenvalue weighted by Crippen LogP contribution is 2.31. The molecule has 0 heterocycles. The molecule has 1 aliphatic carbocycles. The lowest BCUT2D eigenvalue weighted by molar-refractivity contribution is -0.00722. The molecule has 0 aliphatic heterocycles. The molecule has 1 fully saturated rings. The summed E-state index contributed by atoms with van der Waals surface area (Å²) in [4.78, 5) is 0. The average Bonchev–Trinajstić information content (AvgIpc) is 2.32. The number of ether oxygens (including phenoxy) is 1. The lowest BCUT2D eigenvalue weighted by Crippen LogP contribution is -2.26. The molecule has 100 valence electrons. The fourth-order valence-electron chi connectivity index (χ4n) is 2.55. The molecule has 1 aromatic carbocycles. The fraction of sp³-hybridized carbons (Fsp3) is 0.600. The van der Waals surface area contributed by atoms with Crippen molar-refractivity contribution in [3.8, 4) is 0 Å². The number of hydrogen-bond acceptors (Lipinski definition) is 2. The largest absolute Gasteiger partial charge is 0.398 e. The van der Waals surface area contributed by atoms with Gasteiger partial charge < -0.3 is 10.5 Å². The zero-order valence-electron chi connectivity index (χ0n) is 11.2. The van der Waals surface area contributed by atoms with Crippen LogP contribution >= 0.6 is 11.6 Å². The highest BCUT2D eigenvalue weighted by atomic mass is 35.5. The zero-order valence-corrected chi connectivity index (χ0v) is 11.9. The molecule has 0 radical (unpaired) electrons. The van der Waals surface area contributed by atoms with Crippen molar-refractivity contribution in [3.63, 3.8) is 0 Å². The highest BCUT2D eigenvalue weighted by Gasteiger charge is 2.24. The maximum absolute atomic E-state index is 5.99. The summed E-state index contributed by atoms with van der Waals surface area (Å²) in [5.74, 6) is 1.58. The molecule has 0 amide bonds. The summed E-state index contributed by atoms with van der Waals surface area (Å²) in [6, 6.07) is 5.60. The molecule has 0 aromatic heterocycles. The summed E-state index contributed by atoms with van der Waals surface area (Å²) >= 11 is 5.88. The van der Waals surface area contributed by atoms with Crippen LogP contribution in [0.4, 0.5) is 5.69 Å². The second-order valence-corrected chi connectivity index (χ2v) is 5.98. The molecule has 2 rings (SSSR count). The van der Waals surface area contributed by atoms with Crippen LogP contribution in [0.25, 0.3) is 0 Å². The van der Waals surface area contributed by atoms with Gasteiger partial charge in [0, 0.05) is 16.3 Å². The van der Waals surface area contributed by atoms with Crippen molar-refractivity contribution in [1.82, 2.24) is 0 Å².